The second-order valence-electron chi connectivity index (χ2n) is 5.43. The van der Waals surface area contributed by atoms with E-state index >= 15 is 0 Å². The molecule has 0 saturated carbocycles. The van der Waals surface area contributed by atoms with E-state index in [0.717, 1.165) is 5.71 Å². The third kappa shape index (κ3) is 3.84. The number of hydrogen-bond acceptors (Lipinski definition) is 6. The first kappa shape index (κ1) is 18.2. The van der Waals surface area contributed by atoms with E-state index in [-0.39, 0.29) is 12.3 Å². The van der Waals surface area contributed by atoms with Crippen LogP contribution >= 0.6 is 11.8 Å². The molecule has 0 amide bonds. The monoisotopic (exact) mass is 348 g/mol. The maximum atomic E-state index is 12.5. The van der Waals surface area contributed by atoms with Crippen molar-refractivity contribution in [2.24, 2.45) is 4.99 Å². The number of rotatable bonds is 6. The van der Waals surface area contributed by atoms with Gasteiger partial charge in [0.05, 0.1) is 22.8 Å². The van der Waals surface area contributed by atoms with Crippen molar-refractivity contribution in [2.45, 2.75) is 26.2 Å². The number of carbonyl (C=O) groups is 1. The van der Waals surface area contributed by atoms with E-state index in [0.29, 0.717) is 29.0 Å². The summed E-state index contributed by atoms with van der Waals surface area (Å²) in [6.45, 7) is 3.87. The number of aliphatic imine (C=N–C) groups is 1. The number of nitro groups is 1. The molecule has 1 aliphatic rings. The van der Waals surface area contributed by atoms with Gasteiger partial charge in [0.15, 0.2) is 0 Å². The fourth-order valence-corrected chi connectivity index (χ4v) is 3.36. The van der Waals surface area contributed by atoms with Crippen LogP contribution in [-0.2, 0) is 9.53 Å². The van der Waals surface area contributed by atoms with E-state index < -0.39 is 16.8 Å². The molecule has 0 fully saturated rings. The van der Waals surface area contributed by atoms with Crippen molar-refractivity contribution in [1.82, 2.24) is 0 Å². The minimum atomic E-state index is -0.444. The molecule has 24 heavy (non-hydrogen) atoms. The summed E-state index contributed by atoms with van der Waals surface area (Å²) in [5.74, 6) is -0.297. The molecular formula is C17H20N2O4S. The molecular weight excluding hydrogens is 328 g/mol. The number of carbonyl (C=O) groups excluding carboxylic acids is 1. The normalized spacial score (nSPS) is 17.5. The summed E-state index contributed by atoms with van der Waals surface area (Å²) in [5.41, 5.74) is 2.48. The van der Waals surface area contributed by atoms with E-state index in [1.807, 2.05) is 13.2 Å². The first-order valence-corrected chi connectivity index (χ1v) is 9.05. The Morgan fingerprint density at radius 2 is 2.17 bits per heavy atom. The number of thioether (sulfide) groups is 1. The Bertz CT molecular complexity index is 712. The van der Waals surface area contributed by atoms with Gasteiger partial charge in [0, 0.05) is 29.0 Å². The van der Waals surface area contributed by atoms with E-state index in [2.05, 4.69) is 4.99 Å². The van der Waals surface area contributed by atoms with E-state index in [1.54, 1.807) is 36.9 Å². The van der Waals surface area contributed by atoms with Gasteiger partial charge in [-0.2, -0.15) is 11.8 Å². The number of ether oxygens (including phenoxy) is 1. The largest absolute Gasteiger partial charge is 0.463 e. The smallest absolute Gasteiger partial charge is 0.336 e. The zero-order chi connectivity index (χ0) is 17.7. The van der Waals surface area contributed by atoms with Gasteiger partial charge in [-0.3, -0.25) is 15.1 Å². The Morgan fingerprint density at radius 3 is 2.79 bits per heavy atom. The molecule has 1 unspecified atom stereocenters. The van der Waals surface area contributed by atoms with Crippen LogP contribution in [0.2, 0.25) is 0 Å². The zero-order valence-electron chi connectivity index (χ0n) is 13.9. The molecule has 6 nitrogen and oxygen atoms in total. The SMILES string of the molecule is CCOC(=O)C1=C(CSC)N=C(C)CC1c1ccccc1[N+](=O)[O-]. The van der Waals surface area contributed by atoms with Crippen LogP contribution in [-0.4, -0.2) is 35.2 Å². The van der Waals surface area contributed by atoms with Crippen LogP contribution in [0, 0.1) is 10.1 Å². The van der Waals surface area contributed by atoms with Crippen molar-refractivity contribution in [3.63, 3.8) is 0 Å². The van der Waals surface area contributed by atoms with E-state index in [1.165, 1.54) is 6.07 Å². The highest BCUT2D eigenvalue weighted by atomic mass is 32.2. The summed E-state index contributed by atoms with van der Waals surface area (Å²) in [4.78, 5) is 28.0. The molecule has 2 rings (SSSR count). The first-order valence-electron chi connectivity index (χ1n) is 7.66. The van der Waals surface area contributed by atoms with Gasteiger partial charge in [-0.05, 0) is 26.5 Å². The predicted molar refractivity (Wildman–Crippen MR) is 95.6 cm³/mol. The maximum absolute atomic E-state index is 12.5. The molecule has 0 aromatic heterocycles. The molecule has 128 valence electrons. The first-order chi connectivity index (χ1) is 11.5. The highest BCUT2D eigenvalue weighted by Crippen LogP contribution is 2.39. The Hall–Kier alpha value is -2.15. The van der Waals surface area contributed by atoms with Crippen molar-refractivity contribution < 1.29 is 14.5 Å². The fourth-order valence-electron chi connectivity index (χ4n) is 2.86. The Morgan fingerprint density at radius 1 is 1.46 bits per heavy atom. The summed E-state index contributed by atoms with van der Waals surface area (Å²) in [7, 11) is 0. The van der Waals surface area contributed by atoms with E-state index in [4.69, 9.17) is 4.74 Å². The van der Waals surface area contributed by atoms with Gasteiger partial charge in [0.25, 0.3) is 5.69 Å². The Balaban J connectivity index is 2.61. The molecule has 1 aromatic rings. The third-order valence-electron chi connectivity index (χ3n) is 3.77. The van der Waals surface area contributed by atoms with Crippen LogP contribution in [0.1, 0.15) is 31.7 Å². The lowest BCUT2D eigenvalue weighted by molar-refractivity contribution is -0.385. The van der Waals surface area contributed by atoms with Crippen LogP contribution in [0.15, 0.2) is 40.5 Å². The molecule has 1 atom stereocenters. The molecule has 0 radical (unpaired) electrons. The lowest BCUT2D eigenvalue weighted by atomic mass is 9.83. The molecule has 1 heterocycles. The van der Waals surface area contributed by atoms with E-state index in [9.17, 15) is 14.9 Å². The van der Waals surface area contributed by atoms with Crippen LogP contribution in [0.4, 0.5) is 5.69 Å². The van der Waals surface area contributed by atoms with Crippen molar-refractivity contribution in [1.29, 1.82) is 0 Å². The maximum Gasteiger partial charge on any atom is 0.336 e. The Kier molecular flexibility index (Phi) is 6.14. The lowest BCUT2D eigenvalue weighted by Crippen LogP contribution is -2.23. The summed E-state index contributed by atoms with van der Waals surface area (Å²) >= 11 is 1.55. The van der Waals surface area contributed by atoms with Gasteiger partial charge in [0.2, 0.25) is 0 Å². The van der Waals surface area contributed by atoms with Crippen LogP contribution in [0.25, 0.3) is 0 Å². The van der Waals surface area contributed by atoms with Crippen molar-refractivity contribution in [3.8, 4) is 0 Å². The Labute approximate surface area is 145 Å². The van der Waals surface area contributed by atoms with Gasteiger partial charge in [-0.15, -0.1) is 0 Å². The van der Waals surface area contributed by atoms with Crippen LogP contribution in [0.3, 0.4) is 0 Å². The molecule has 1 aliphatic heterocycles. The highest BCUT2D eigenvalue weighted by Gasteiger charge is 2.34. The molecule has 7 heteroatoms. The topological polar surface area (TPSA) is 81.8 Å². The molecule has 0 aliphatic carbocycles. The number of para-hydroxylation sites is 1. The molecule has 0 bridgehead atoms. The average Bonchev–Trinajstić information content (AvgIpc) is 2.54. The zero-order valence-corrected chi connectivity index (χ0v) is 14.8. The summed E-state index contributed by atoms with van der Waals surface area (Å²) in [6, 6.07) is 6.55. The molecule has 0 saturated heterocycles. The summed E-state index contributed by atoms with van der Waals surface area (Å²) in [5, 5.41) is 11.4. The molecule has 0 spiro atoms. The predicted octanol–water partition coefficient (Wildman–Crippen LogP) is 3.72. The average molecular weight is 348 g/mol. The standard InChI is InChI=1S/C17H20N2O4S/c1-4-23-17(20)16-13(9-11(2)18-14(16)10-24-3)12-7-5-6-8-15(12)19(21)22/h5-8,13H,4,9-10H2,1-3H3. The van der Waals surface area contributed by atoms with Crippen molar-refractivity contribution >= 4 is 29.1 Å². The van der Waals surface area contributed by atoms with Crippen molar-refractivity contribution in [3.05, 3.63) is 51.2 Å². The number of nitrogens with zero attached hydrogens (tertiary/aromatic N) is 2. The van der Waals surface area contributed by atoms with Gasteiger partial charge < -0.3 is 4.74 Å². The summed E-state index contributed by atoms with van der Waals surface area (Å²) < 4.78 is 5.20. The minimum Gasteiger partial charge on any atom is -0.463 e. The van der Waals surface area contributed by atoms with Gasteiger partial charge in [0.1, 0.15) is 0 Å². The lowest BCUT2D eigenvalue weighted by Gasteiger charge is -2.25. The number of esters is 1. The number of hydrogen-bond donors (Lipinski definition) is 0. The van der Waals surface area contributed by atoms with Gasteiger partial charge in [-0.25, -0.2) is 4.79 Å². The van der Waals surface area contributed by atoms with Gasteiger partial charge in [-0.1, -0.05) is 18.2 Å². The highest BCUT2D eigenvalue weighted by molar-refractivity contribution is 7.98. The minimum absolute atomic E-state index is 0.0162. The third-order valence-corrected chi connectivity index (χ3v) is 4.33. The number of nitro benzene ring substituents is 1. The van der Waals surface area contributed by atoms with Crippen LogP contribution < -0.4 is 0 Å². The van der Waals surface area contributed by atoms with Crippen LogP contribution in [0.5, 0.6) is 0 Å². The van der Waals surface area contributed by atoms with Gasteiger partial charge >= 0.3 is 5.97 Å². The second-order valence-corrected chi connectivity index (χ2v) is 6.30. The molecule has 1 aromatic carbocycles. The number of benzene rings is 1. The second kappa shape index (κ2) is 8.10. The summed E-state index contributed by atoms with van der Waals surface area (Å²) in [6.07, 6.45) is 2.39. The quantitative estimate of drug-likeness (QED) is 0.444. The molecule has 0 N–H and O–H groups in total. The van der Waals surface area contributed by atoms with Crippen molar-refractivity contribution in [2.75, 3.05) is 18.6 Å². The fraction of sp³-hybridized carbons (Fsp3) is 0.412.